The number of anilines is 1. The molecule has 0 radical (unpaired) electrons. The van der Waals surface area contributed by atoms with Crippen molar-refractivity contribution in [1.82, 2.24) is 10.6 Å². The van der Waals surface area contributed by atoms with Crippen molar-refractivity contribution in [3.05, 3.63) is 65.0 Å². The smallest absolute Gasteiger partial charge is 0.315 e. The van der Waals surface area contributed by atoms with Gasteiger partial charge in [0, 0.05) is 18.8 Å². The number of rotatable bonds is 4. The lowest BCUT2D eigenvalue weighted by molar-refractivity contribution is -0.118. The zero-order valence-electron chi connectivity index (χ0n) is 14.9. The van der Waals surface area contributed by atoms with Crippen LogP contribution in [0.2, 0.25) is 0 Å². The van der Waals surface area contributed by atoms with Gasteiger partial charge in [0.05, 0.1) is 0 Å². The molecule has 5 nitrogen and oxygen atoms in total. The highest BCUT2D eigenvalue weighted by Crippen LogP contribution is 2.24. The fourth-order valence-corrected chi connectivity index (χ4v) is 3.00. The number of nitrogens with one attached hydrogen (secondary N) is 2. The summed E-state index contributed by atoms with van der Waals surface area (Å²) in [6, 6.07) is 10.9. The van der Waals surface area contributed by atoms with E-state index in [-0.39, 0.29) is 18.3 Å². The fourth-order valence-electron chi connectivity index (χ4n) is 3.00. The van der Waals surface area contributed by atoms with Crippen LogP contribution < -0.4 is 15.5 Å². The molecule has 6 heteroatoms. The summed E-state index contributed by atoms with van der Waals surface area (Å²) in [6.45, 7) is 4.80. The number of hydrogen-bond donors (Lipinski definition) is 2. The minimum atomic E-state index is -0.552. The van der Waals surface area contributed by atoms with E-state index < -0.39 is 12.1 Å². The maximum atomic E-state index is 13.1. The Hall–Kier alpha value is -2.89. The average molecular weight is 355 g/mol. The summed E-state index contributed by atoms with van der Waals surface area (Å²) < 4.78 is 13.1. The van der Waals surface area contributed by atoms with Crippen LogP contribution in [0, 0.1) is 19.7 Å². The van der Waals surface area contributed by atoms with Gasteiger partial charge in [-0.05, 0) is 61.2 Å². The minimum Gasteiger partial charge on any atom is -0.334 e. The average Bonchev–Trinajstić information content (AvgIpc) is 2.96. The van der Waals surface area contributed by atoms with Gasteiger partial charge in [-0.15, -0.1) is 0 Å². The fraction of sp³-hybridized carbons (Fsp3) is 0.300. The summed E-state index contributed by atoms with van der Waals surface area (Å²) in [5, 5.41) is 5.36. The maximum absolute atomic E-state index is 13.1. The van der Waals surface area contributed by atoms with Gasteiger partial charge in [-0.2, -0.15) is 0 Å². The van der Waals surface area contributed by atoms with Gasteiger partial charge >= 0.3 is 6.03 Å². The van der Waals surface area contributed by atoms with Crippen molar-refractivity contribution in [2.75, 3.05) is 11.4 Å². The molecule has 26 heavy (non-hydrogen) atoms. The van der Waals surface area contributed by atoms with Crippen molar-refractivity contribution in [1.29, 1.82) is 0 Å². The van der Waals surface area contributed by atoms with Crippen molar-refractivity contribution < 1.29 is 14.0 Å². The number of urea groups is 1. The van der Waals surface area contributed by atoms with Crippen molar-refractivity contribution in [3.63, 3.8) is 0 Å². The second kappa shape index (κ2) is 7.56. The Kier molecular flexibility index (Phi) is 5.21. The maximum Gasteiger partial charge on any atom is 0.315 e. The molecular weight excluding hydrogens is 333 g/mol. The van der Waals surface area contributed by atoms with Crippen LogP contribution in [0.1, 0.15) is 23.1 Å². The molecule has 2 aromatic rings. The van der Waals surface area contributed by atoms with Crippen LogP contribution in [-0.2, 0) is 11.3 Å². The molecule has 0 aromatic heterocycles. The van der Waals surface area contributed by atoms with E-state index in [2.05, 4.69) is 10.6 Å². The lowest BCUT2D eigenvalue weighted by atomic mass is 10.1. The highest BCUT2D eigenvalue weighted by molar-refractivity contribution is 6.01. The van der Waals surface area contributed by atoms with Crippen molar-refractivity contribution in [2.45, 2.75) is 32.9 Å². The van der Waals surface area contributed by atoms with Gasteiger partial charge in [-0.25, -0.2) is 9.18 Å². The summed E-state index contributed by atoms with van der Waals surface area (Å²) in [5.74, 6) is -0.464. The highest BCUT2D eigenvalue weighted by Gasteiger charge is 2.33. The Morgan fingerprint density at radius 2 is 2.00 bits per heavy atom. The lowest BCUT2D eigenvalue weighted by Gasteiger charge is -2.18. The monoisotopic (exact) mass is 355 g/mol. The molecule has 136 valence electrons. The zero-order valence-corrected chi connectivity index (χ0v) is 14.9. The number of benzene rings is 2. The number of hydrogen-bond acceptors (Lipinski definition) is 2. The molecule has 1 heterocycles. The summed E-state index contributed by atoms with van der Waals surface area (Å²) in [7, 11) is 0. The second-order valence-corrected chi connectivity index (χ2v) is 6.56. The highest BCUT2D eigenvalue weighted by atomic mass is 19.1. The van der Waals surface area contributed by atoms with Crippen molar-refractivity contribution in [3.8, 4) is 0 Å². The van der Waals surface area contributed by atoms with Gasteiger partial charge < -0.3 is 15.5 Å². The van der Waals surface area contributed by atoms with Crippen LogP contribution in [0.4, 0.5) is 14.9 Å². The van der Waals surface area contributed by atoms with Crippen LogP contribution >= 0.6 is 0 Å². The van der Waals surface area contributed by atoms with Crippen LogP contribution in [0.25, 0.3) is 0 Å². The first-order chi connectivity index (χ1) is 12.4. The van der Waals surface area contributed by atoms with Gasteiger partial charge in [-0.1, -0.05) is 18.2 Å². The third-order valence-electron chi connectivity index (χ3n) is 4.66. The molecule has 1 unspecified atom stereocenters. The third-order valence-corrected chi connectivity index (χ3v) is 4.66. The summed E-state index contributed by atoms with van der Waals surface area (Å²) in [5.41, 5.74) is 3.81. The van der Waals surface area contributed by atoms with Crippen LogP contribution in [-0.4, -0.2) is 24.5 Å². The largest absolute Gasteiger partial charge is 0.334 e. The van der Waals surface area contributed by atoms with E-state index in [9.17, 15) is 14.0 Å². The van der Waals surface area contributed by atoms with E-state index in [0.717, 1.165) is 11.3 Å². The van der Waals surface area contributed by atoms with Gasteiger partial charge in [0.25, 0.3) is 0 Å². The first kappa shape index (κ1) is 17.9. The summed E-state index contributed by atoms with van der Waals surface area (Å²) >= 11 is 0. The molecule has 0 aliphatic carbocycles. The predicted octanol–water partition coefficient (Wildman–Crippen LogP) is 3.05. The van der Waals surface area contributed by atoms with Gasteiger partial charge in [0.2, 0.25) is 5.91 Å². The normalized spacial score (nSPS) is 16.7. The topological polar surface area (TPSA) is 61.4 Å². The lowest BCUT2D eigenvalue weighted by Crippen LogP contribution is -2.46. The van der Waals surface area contributed by atoms with Crippen molar-refractivity contribution >= 4 is 17.6 Å². The van der Waals surface area contributed by atoms with Gasteiger partial charge in [0.15, 0.2) is 0 Å². The summed E-state index contributed by atoms with van der Waals surface area (Å²) in [4.78, 5) is 26.3. The Balaban J connectivity index is 1.56. The molecule has 3 amide bonds. The molecule has 1 fully saturated rings. The first-order valence-corrected chi connectivity index (χ1v) is 8.61. The predicted molar refractivity (Wildman–Crippen MR) is 98.4 cm³/mol. The van der Waals surface area contributed by atoms with E-state index in [1.165, 1.54) is 17.7 Å². The Bertz CT molecular complexity index is 838. The minimum absolute atomic E-state index is 0.117. The Morgan fingerprint density at radius 3 is 2.73 bits per heavy atom. The molecule has 2 N–H and O–H groups in total. The van der Waals surface area contributed by atoms with Crippen molar-refractivity contribution in [2.24, 2.45) is 0 Å². The number of halogens is 1. The second-order valence-electron chi connectivity index (χ2n) is 6.56. The van der Waals surface area contributed by atoms with Crippen LogP contribution in [0.3, 0.4) is 0 Å². The Morgan fingerprint density at radius 1 is 1.19 bits per heavy atom. The molecule has 2 aromatic carbocycles. The number of amides is 3. The molecule has 0 saturated carbocycles. The quantitative estimate of drug-likeness (QED) is 0.886. The van der Waals surface area contributed by atoms with Gasteiger partial charge in [-0.3, -0.25) is 4.79 Å². The molecule has 1 aliphatic rings. The van der Waals surface area contributed by atoms with Crippen LogP contribution in [0.15, 0.2) is 42.5 Å². The molecule has 0 bridgehead atoms. The van der Waals surface area contributed by atoms with E-state index in [4.69, 9.17) is 0 Å². The molecule has 1 aliphatic heterocycles. The molecule has 1 saturated heterocycles. The van der Waals surface area contributed by atoms with E-state index >= 15 is 0 Å². The van der Waals surface area contributed by atoms with E-state index in [1.54, 1.807) is 17.0 Å². The molecule has 0 spiro atoms. The Labute approximate surface area is 152 Å². The molecule has 1 atom stereocenters. The van der Waals surface area contributed by atoms with Crippen LogP contribution in [0.5, 0.6) is 0 Å². The molecule has 3 rings (SSSR count). The number of nitrogens with zero attached hydrogens (tertiary/aromatic N) is 1. The zero-order chi connectivity index (χ0) is 18.7. The van der Waals surface area contributed by atoms with E-state index in [0.29, 0.717) is 18.5 Å². The molecular formula is C20H22FN3O2. The number of carbonyl (C=O) groups excluding carboxylic acids is 2. The number of aryl methyl sites for hydroxylation is 2. The SMILES string of the molecule is Cc1ccc(N2CCC(NC(=O)NCc3cccc(F)c3)C2=O)cc1C. The first-order valence-electron chi connectivity index (χ1n) is 8.61. The number of carbonyl (C=O) groups is 2. The third kappa shape index (κ3) is 4.02. The summed E-state index contributed by atoms with van der Waals surface area (Å²) in [6.07, 6.45) is 0.555. The van der Waals surface area contributed by atoms with E-state index in [1.807, 2.05) is 32.0 Å². The van der Waals surface area contributed by atoms with Gasteiger partial charge in [0.1, 0.15) is 11.9 Å². The standard InChI is InChI=1S/C20H22FN3O2/c1-13-6-7-17(10-14(13)2)24-9-8-18(19(24)25)23-20(26)22-12-15-4-3-5-16(21)11-15/h3-7,10-11,18H,8-9,12H2,1-2H3,(H2,22,23,26).